The zero-order chi connectivity index (χ0) is 17.6. The molecular formula is C20H13BrO4. The van der Waals surface area contributed by atoms with Crippen LogP contribution >= 0.6 is 15.9 Å². The lowest BCUT2D eigenvalue weighted by atomic mass is 9.77. The number of allylic oxidation sites excluding steroid dienone is 1. The topological polar surface area (TPSA) is 60.4 Å². The van der Waals surface area contributed by atoms with E-state index in [0.717, 1.165) is 4.47 Å². The Morgan fingerprint density at radius 1 is 1.00 bits per heavy atom. The molecule has 0 amide bonds. The number of rotatable bonds is 2. The fourth-order valence-electron chi connectivity index (χ4n) is 3.32. The number of hydrogen-bond acceptors (Lipinski definition) is 4. The molecule has 1 saturated heterocycles. The Balaban J connectivity index is 1.87. The van der Waals surface area contributed by atoms with E-state index in [1.165, 1.54) is 6.08 Å². The monoisotopic (exact) mass is 396 g/mol. The largest absolute Gasteiger partial charge is 0.446 e. The Bertz CT molecular complexity index is 942. The maximum absolute atomic E-state index is 13.1. The minimum atomic E-state index is -1.36. The zero-order valence-corrected chi connectivity index (χ0v) is 14.7. The van der Waals surface area contributed by atoms with Crippen LogP contribution in [0.5, 0.6) is 0 Å². The van der Waals surface area contributed by atoms with Crippen molar-refractivity contribution in [2.75, 3.05) is 0 Å². The second-order valence-electron chi connectivity index (χ2n) is 6.13. The lowest BCUT2D eigenvalue weighted by Gasteiger charge is -2.29. The highest BCUT2D eigenvalue weighted by Gasteiger charge is 2.49. The molecule has 0 unspecified atom stereocenters. The minimum Gasteiger partial charge on any atom is -0.446 e. The molecule has 1 atom stereocenters. The maximum Gasteiger partial charge on any atom is 0.307 e. The van der Waals surface area contributed by atoms with Crippen LogP contribution in [0.1, 0.15) is 39.1 Å². The van der Waals surface area contributed by atoms with Crippen molar-refractivity contribution in [2.45, 2.75) is 18.4 Å². The number of hydrogen-bond donors (Lipinski definition) is 0. The number of carbonyl (C=O) groups excluding carboxylic acids is 3. The van der Waals surface area contributed by atoms with Gasteiger partial charge in [0.1, 0.15) is 0 Å². The van der Waals surface area contributed by atoms with Gasteiger partial charge in [-0.2, -0.15) is 0 Å². The molecule has 0 bridgehead atoms. The molecule has 25 heavy (non-hydrogen) atoms. The third kappa shape index (κ3) is 2.55. The fourth-order valence-corrected chi connectivity index (χ4v) is 3.58. The summed E-state index contributed by atoms with van der Waals surface area (Å²) in [4.78, 5) is 37.6. The van der Waals surface area contributed by atoms with Gasteiger partial charge in [0.2, 0.25) is 5.78 Å². The predicted octanol–water partition coefficient (Wildman–Crippen LogP) is 3.99. The molecule has 0 radical (unpaired) electrons. The highest BCUT2D eigenvalue weighted by atomic mass is 79.9. The molecule has 1 spiro atoms. The van der Waals surface area contributed by atoms with Crippen molar-refractivity contribution < 1.29 is 19.1 Å². The SMILES string of the molecule is O=C1CC[C@@]2(C=C(C(=O)c3ccc(Br)cc3)c3ccccc3C2=O)O1. The van der Waals surface area contributed by atoms with Crippen LogP contribution in [-0.2, 0) is 9.53 Å². The van der Waals surface area contributed by atoms with E-state index in [2.05, 4.69) is 15.9 Å². The van der Waals surface area contributed by atoms with Crippen LogP contribution in [-0.4, -0.2) is 23.1 Å². The number of ketones is 2. The van der Waals surface area contributed by atoms with Gasteiger partial charge in [-0.25, -0.2) is 0 Å². The van der Waals surface area contributed by atoms with Gasteiger partial charge in [-0.1, -0.05) is 40.2 Å². The molecular weight excluding hydrogens is 384 g/mol. The quantitative estimate of drug-likeness (QED) is 0.568. The molecule has 0 N–H and O–H groups in total. The van der Waals surface area contributed by atoms with E-state index in [1.807, 2.05) is 0 Å². The van der Waals surface area contributed by atoms with E-state index in [-0.39, 0.29) is 24.4 Å². The van der Waals surface area contributed by atoms with Crippen molar-refractivity contribution in [3.63, 3.8) is 0 Å². The first-order valence-electron chi connectivity index (χ1n) is 7.89. The number of halogens is 1. The van der Waals surface area contributed by atoms with E-state index in [4.69, 9.17) is 4.74 Å². The minimum absolute atomic E-state index is 0.171. The number of esters is 1. The number of benzene rings is 2. The summed E-state index contributed by atoms with van der Waals surface area (Å²) in [6, 6.07) is 14.0. The van der Waals surface area contributed by atoms with Crippen molar-refractivity contribution in [2.24, 2.45) is 0 Å². The van der Waals surface area contributed by atoms with Crippen molar-refractivity contribution in [1.82, 2.24) is 0 Å². The van der Waals surface area contributed by atoms with E-state index in [9.17, 15) is 14.4 Å². The van der Waals surface area contributed by atoms with E-state index in [1.54, 1.807) is 48.5 Å². The van der Waals surface area contributed by atoms with Gasteiger partial charge in [0.05, 0.1) is 6.42 Å². The highest BCUT2D eigenvalue weighted by Crippen LogP contribution is 2.41. The molecule has 1 heterocycles. The summed E-state index contributed by atoms with van der Waals surface area (Å²) in [5.74, 6) is -0.879. The molecule has 1 fully saturated rings. The number of fused-ring (bicyclic) bond motifs is 1. The summed E-state index contributed by atoms with van der Waals surface area (Å²) < 4.78 is 6.24. The second-order valence-corrected chi connectivity index (χ2v) is 7.05. The standard InChI is InChI=1S/C20H13BrO4/c21-13-7-5-12(6-8-13)18(23)16-11-20(10-9-17(22)25-20)19(24)15-4-2-1-3-14(15)16/h1-8,11H,9-10H2/t20-/m0/s1. The molecule has 1 aliphatic carbocycles. The lowest BCUT2D eigenvalue weighted by molar-refractivity contribution is -0.143. The van der Waals surface area contributed by atoms with Gasteiger partial charge < -0.3 is 4.74 Å². The van der Waals surface area contributed by atoms with Crippen LogP contribution in [0, 0.1) is 0 Å². The van der Waals surface area contributed by atoms with Crippen LogP contribution in [0.15, 0.2) is 59.1 Å². The molecule has 124 valence electrons. The summed E-state index contributed by atoms with van der Waals surface area (Å²) in [6.45, 7) is 0. The Morgan fingerprint density at radius 3 is 2.32 bits per heavy atom. The summed E-state index contributed by atoms with van der Waals surface area (Å²) >= 11 is 3.35. The average Bonchev–Trinajstić information content (AvgIpc) is 3.00. The van der Waals surface area contributed by atoms with E-state index >= 15 is 0 Å². The maximum atomic E-state index is 13.1. The lowest BCUT2D eigenvalue weighted by Crippen LogP contribution is -2.40. The highest BCUT2D eigenvalue weighted by molar-refractivity contribution is 9.10. The number of ether oxygens (including phenoxy) is 1. The Hall–Kier alpha value is -2.53. The molecule has 0 aromatic heterocycles. The average molecular weight is 397 g/mol. The van der Waals surface area contributed by atoms with Crippen LogP contribution in [0.2, 0.25) is 0 Å². The Morgan fingerprint density at radius 2 is 1.68 bits per heavy atom. The summed E-state index contributed by atoms with van der Waals surface area (Å²) in [5.41, 5.74) is 0.547. The zero-order valence-electron chi connectivity index (χ0n) is 13.1. The van der Waals surface area contributed by atoms with Crippen LogP contribution in [0.4, 0.5) is 0 Å². The molecule has 2 aromatic rings. The van der Waals surface area contributed by atoms with Crippen molar-refractivity contribution >= 4 is 39.0 Å². The van der Waals surface area contributed by atoms with Crippen molar-refractivity contribution in [1.29, 1.82) is 0 Å². The second kappa shape index (κ2) is 5.77. The van der Waals surface area contributed by atoms with Crippen LogP contribution in [0.3, 0.4) is 0 Å². The Kier molecular flexibility index (Phi) is 3.69. The number of Topliss-reactive ketones (excluding diaryl/α,β-unsaturated/α-hetero) is 2. The normalized spacial score (nSPS) is 21.7. The summed E-state index contributed by atoms with van der Waals surface area (Å²) in [6.07, 6.45) is 1.97. The third-order valence-electron chi connectivity index (χ3n) is 4.57. The van der Waals surface area contributed by atoms with E-state index in [0.29, 0.717) is 22.3 Å². The molecule has 0 saturated carbocycles. The first-order chi connectivity index (χ1) is 12.0. The molecule has 2 aromatic carbocycles. The molecule has 5 heteroatoms. The molecule has 4 rings (SSSR count). The fraction of sp³-hybridized carbons (Fsp3) is 0.150. The van der Waals surface area contributed by atoms with E-state index < -0.39 is 11.6 Å². The van der Waals surface area contributed by atoms with Gasteiger partial charge in [0.15, 0.2) is 11.4 Å². The summed E-state index contributed by atoms with van der Waals surface area (Å²) in [7, 11) is 0. The molecule has 2 aliphatic rings. The van der Waals surface area contributed by atoms with Gasteiger partial charge in [0, 0.05) is 27.6 Å². The van der Waals surface area contributed by atoms with Gasteiger partial charge in [-0.15, -0.1) is 0 Å². The van der Waals surface area contributed by atoms with Gasteiger partial charge in [-0.3, -0.25) is 14.4 Å². The molecule has 1 aliphatic heterocycles. The van der Waals surface area contributed by atoms with Crippen LogP contribution in [0.25, 0.3) is 5.57 Å². The van der Waals surface area contributed by atoms with Gasteiger partial charge >= 0.3 is 5.97 Å². The molecule has 4 nitrogen and oxygen atoms in total. The van der Waals surface area contributed by atoms with Gasteiger partial charge in [0.25, 0.3) is 0 Å². The van der Waals surface area contributed by atoms with Crippen molar-refractivity contribution in [3.05, 3.63) is 75.8 Å². The first kappa shape index (κ1) is 16.0. The van der Waals surface area contributed by atoms with Gasteiger partial charge in [-0.05, 0) is 35.9 Å². The third-order valence-corrected chi connectivity index (χ3v) is 5.10. The summed E-state index contributed by atoms with van der Waals surface area (Å²) in [5, 5.41) is 0. The van der Waals surface area contributed by atoms with Crippen LogP contribution < -0.4 is 0 Å². The smallest absolute Gasteiger partial charge is 0.307 e. The first-order valence-corrected chi connectivity index (χ1v) is 8.69. The number of carbonyl (C=O) groups is 3. The Labute approximate surface area is 152 Å². The van der Waals surface area contributed by atoms with Crippen molar-refractivity contribution in [3.8, 4) is 0 Å². The predicted molar refractivity (Wildman–Crippen MR) is 95.3 cm³/mol.